The van der Waals surface area contributed by atoms with Gasteiger partial charge in [0.15, 0.2) is 0 Å². The fourth-order valence-electron chi connectivity index (χ4n) is 1.45. The van der Waals surface area contributed by atoms with Gasteiger partial charge >= 0.3 is 0 Å². The first-order chi connectivity index (χ1) is 9.29. The van der Waals surface area contributed by atoms with E-state index in [1.54, 1.807) is 6.92 Å². The smallest absolute Gasteiger partial charge is 0.269 e. The van der Waals surface area contributed by atoms with Gasteiger partial charge in [0.25, 0.3) is 15.0 Å². The molecule has 0 saturated carbocycles. The molecule has 10 heteroatoms. The normalized spacial score (nSPS) is 11.3. The molecular formula is C10H7Cl2N3O3S2. The Morgan fingerprint density at radius 2 is 2.10 bits per heavy atom. The van der Waals surface area contributed by atoms with Crippen LogP contribution >= 0.6 is 33.8 Å². The highest BCUT2D eigenvalue weighted by molar-refractivity contribution is 8.13. The van der Waals surface area contributed by atoms with Gasteiger partial charge in [-0.3, -0.25) is 4.79 Å². The zero-order valence-corrected chi connectivity index (χ0v) is 13.1. The van der Waals surface area contributed by atoms with Crippen molar-refractivity contribution in [2.24, 2.45) is 0 Å². The van der Waals surface area contributed by atoms with E-state index >= 15 is 0 Å². The van der Waals surface area contributed by atoms with Gasteiger partial charge in [0.05, 0.1) is 21.8 Å². The number of benzene rings is 1. The van der Waals surface area contributed by atoms with Crippen molar-refractivity contribution < 1.29 is 13.2 Å². The summed E-state index contributed by atoms with van der Waals surface area (Å²) in [5, 5.41) is 6.21. The summed E-state index contributed by atoms with van der Waals surface area (Å²) in [6.45, 7) is 1.61. The monoisotopic (exact) mass is 351 g/mol. The van der Waals surface area contributed by atoms with E-state index in [9.17, 15) is 13.2 Å². The molecule has 20 heavy (non-hydrogen) atoms. The Morgan fingerprint density at radius 3 is 2.60 bits per heavy atom. The number of halogens is 2. The third-order valence-electron chi connectivity index (χ3n) is 2.37. The number of carbonyl (C=O) groups excluding carboxylic acids is 1. The molecule has 1 amide bonds. The van der Waals surface area contributed by atoms with Crippen molar-refractivity contribution in [1.29, 1.82) is 0 Å². The van der Waals surface area contributed by atoms with Crippen molar-refractivity contribution in [2.45, 2.75) is 11.8 Å². The molecule has 1 aromatic carbocycles. The zero-order valence-electron chi connectivity index (χ0n) is 9.92. The lowest BCUT2D eigenvalue weighted by molar-refractivity contribution is 0.103. The van der Waals surface area contributed by atoms with E-state index in [1.165, 1.54) is 18.3 Å². The molecule has 106 valence electrons. The molecule has 0 unspecified atom stereocenters. The van der Waals surface area contributed by atoms with Crippen LogP contribution in [0.3, 0.4) is 0 Å². The predicted molar refractivity (Wildman–Crippen MR) is 77.1 cm³/mol. The maximum absolute atomic E-state index is 11.9. The van der Waals surface area contributed by atoms with Crippen LogP contribution in [0.2, 0.25) is 5.02 Å². The lowest BCUT2D eigenvalue weighted by Gasteiger charge is -2.10. The van der Waals surface area contributed by atoms with Crippen LogP contribution in [0.5, 0.6) is 0 Å². The molecule has 0 aliphatic heterocycles. The van der Waals surface area contributed by atoms with E-state index in [4.69, 9.17) is 22.3 Å². The van der Waals surface area contributed by atoms with Crippen LogP contribution < -0.4 is 5.32 Å². The number of amides is 1. The summed E-state index contributed by atoms with van der Waals surface area (Å²) < 4.78 is 26.1. The number of carbonyl (C=O) groups is 1. The third-order valence-corrected chi connectivity index (χ3v) is 4.66. The SMILES string of the molecule is Cc1cc(S(=O)(=O)Cl)cc(Cl)c1NC(=O)c1cnns1. The second kappa shape index (κ2) is 5.65. The highest BCUT2D eigenvalue weighted by Crippen LogP contribution is 2.31. The molecule has 2 rings (SSSR count). The van der Waals surface area contributed by atoms with E-state index in [2.05, 4.69) is 14.9 Å². The quantitative estimate of drug-likeness (QED) is 0.858. The minimum absolute atomic E-state index is 0.0787. The molecule has 0 atom stereocenters. The first-order valence-corrected chi connectivity index (χ1v) is 8.58. The molecule has 2 aromatic rings. The Kier molecular flexibility index (Phi) is 4.28. The first-order valence-electron chi connectivity index (χ1n) is 5.12. The third kappa shape index (κ3) is 3.26. The van der Waals surface area contributed by atoms with Crippen molar-refractivity contribution in [2.75, 3.05) is 5.32 Å². The average Bonchev–Trinajstić information content (AvgIpc) is 2.85. The van der Waals surface area contributed by atoms with E-state index < -0.39 is 15.0 Å². The summed E-state index contributed by atoms with van der Waals surface area (Å²) in [6, 6.07) is 2.51. The Balaban J connectivity index is 2.37. The molecule has 1 heterocycles. The Morgan fingerprint density at radius 1 is 1.40 bits per heavy atom. The summed E-state index contributed by atoms with van der Waals surface area (Å²) in [7, 11) is 1.37. The predicted octanol–water partition coefficient (Wildman–Crippen LogP) is 2.68. The highest BCUT2D eigenvalue weighted by atomic mass is 35.7. The van der Waals surface area contributed by atoms with Crippen molar-refractivity contribution in [1.82, 2.24) is 9.59 Å². The van der Waals surface area contributed by atoms with Crippen LogP contribution in [0.25, 0.3) is 0 Å². The second-order valence-electron chi connectivity index (χ2n) is 3.77. The van der Waals surface area contributed by atoms with Crippen LogP contribution in [0.4, 0.5) is 5.69 Å². The van der Waals surface area contributed by atoms with Crippen LogP contribution in [0.1, 0.15) is 15.2 Å². The average molecular weight is 352 g/mol. The van der Waals surface area contributed by atoms with Crippen molar-refractivity contribution in [3.05, 3.63) is 33.8 Å². The van der Waals surface area contributed by atoms with Gasteiger partial charge in [-0.05, 0) is 36.2 Å². The summed E-state index contributed by atoms with van der Waals surface area (Å²) in [5.74, 6) is -0.425. The molecule has 0 radical (unpaired) electrons. The zero-order chi connectivity index (χ0) is 14.9. The Labute approximate surface area is 128 Å². The number of anilines is 1. The fourth-order valence-corrected chi connectivity index (χ4v) is 3.09. The summed E-state index contributed by atoms with van der Waals surface area (Å²) in [4.78, 5) is 12.1. The van der Waals surface area contributed by atoms with Gasteiger partial charge in [-0.15, -0.1) is 5.10 Å². The molecule has 1 aromatic heterocycles. The van der Waals surface area contributed by atoms with Gasteiger partial charge in [-0.25, -0.2) is 8.42 Å². The first kappa shape index (κ1) is 15.2. The summed E-state index contributed by atoms with van der Waals surface area (Å²) >= 11 is 6.92. The van der Waals surface area contributed by atoms with Gasteiger partial charge in [-0.1, -0.05) is 16.1 Å². The number of hydrogen-bond acceptors (Lipinski definition) is 6. The topological polar surface area (TPSA) is 89.0 Å². The van der Waals surface area contributed by atoms with Crippen LogP contribution in [0.15, 0.2) is 23.2 Å². The maximum atomic E-state index is 11.9. The second-order valence-corrected chi connectivity index (χ2v) is 7.53. The number of nitrogens with one attached hydrogen (secondary N) is 1. The number of nitrogens with zero attached hydrogens (tertiary/aromatic N) is 2. The van der Waals surface area contributed by atoms with Crippen molar-refractivity contribution in [3.8, 4) is 0 Å². The number of aromatic nitrogens is 2. The fraction of sp³-hybridized carbons (Fsp3) is 0.100. The molecule has 0 aliphatic carbocycles. The molecule has 0 saturated heterocycles. The van der Waals surface area contributed by atoms with E-state index in [0.29, 0.717) is 16.1 Å². The molecule has 0 fully saturated rings. The van der Waals surface area contributed by atoms with E-state index in [1.807, 2.05) is 0 Å². The molecular weight excluding hydrogens is 345 g/mol. The van der Waals surface area contributed by atoms with Gasteiger partial charge in [0, 0.05) is 10.7 Å². The van der Waals surface area contributed by atoms with E-state index in [-0.39, 0.29) is 9.92 Å². The number of hydrogen-bond donors (Lipinski definition) is 1. The largest absolute Gasteiger partial charge is 0.320 e. The van der Waals surface area contributed by atoms with Gasteiger partial charge in [-0.2, -0.15) is 0 Å². The van der Waals surface area contributed by atoms with Gasteiger partial charge in [0.2, 0.25) is 0 Å². The lowest BCUT2D eigenvalue weighted by Crippen LogP contribution is -2.12. The van der Waals surface area contributed by atoms with Crippen LogP contribution in [-0.4, -0.2) is 23.9 Å². The maximum Gasteiger partial charge on any atom is 0.269 e. The lowest BCUT2D eigenvalue weighted by atomic mass is 10.2. The van der Waals surface area contributed by atoms with Gasteiger partial charge < -0.3 is 5.32 Å². The standard InChI is InChI=1S/C10H7Cl2N3O3S2/c1-5-2-6(20(12,17)18)3-7(11)9(5)14-10(16)8-4-13-15-19-8/h2-4H,1H3,(H,14,16). The summed E-state index contributed by atoms with van der Waals surface area (Å²) in [5.41, 5.74) is 0.789. The van der Waals surface area contributed by atoms with E-state index in [0.717, 1.165) is 11.5 Å². The Bertz CT molecular complexity index is 737. The molecule has 0 aliphatic rings. The number of aryl methyl sites for hydroxylation is 1. The summed E-state index contributed by atoms with van der Waals surface area (Å²) in [6.07, 6.45) is 1.32. The van der Waals surface area contributed by atoms with Crippen molar-refractivity contribution >= 4 is 54.5 Å². The molecule has 6 nitrogen and oxygen atoms in total. The minimum atomic E-state index is -3.88. The number of rotatable bonds is 3. The molecule has 0 spiro atoms. The van der Waals surface area contributed by atoms with Crippen molar-refractivity contribution in [3.63, 3.8) is 0 Å². The minimum Gasteiger partial charge on any atom is -0.320 e. The van der Waals surface area contributed by atoms with Gasteiger partial charge in [0.1, 0.15) is 4.88 Å². The molecule has 0 bridgehead atoms. The molecule has 1 N–H and O–H groups in total. The van der Waals surface area contributed by atoms with Crippen LogP contribution in [0, 0.1) is 6.92 Å². The highest BCUT2D eigenvalue weighted by Gasteiger charge is 2.17. The van der Waals surface area contributed by atoms with Crippen LogP contribution in [-0.2, 0) is 9.05 Å². The Hall–Kier alpha value is -1.22.